The Bertz CT molecular complexity index is 3330. The van der Waals surface area contributed by atoms with Crippen LogP contribution in [0, 0.1) is 0 Å². The lowest BCUT2D eigenvalue weighted by atomic mass is 9.97. The maximum Gasteiger partial charge on any atom is 0.159 e. The Labute approximate surface area is 332 Å². The summed E-state index contributed by atoms with van der Waals surface area (Å²) in [6.07, 6.45) is 6.41. The van der Waals surface area contributed by atoms with Crippen molar-refractivity contribution in [1.29, 1.82) is 0 Å². The molecule has 4 heterocycles. The van der Waals surface area contributed by atoms with Gasteiger partial charge in [-0.05, 0) is 90.2 Å². The summed E-state index contributed by atoms with van der Waals surface area (Å²) in [6, 6.07) is 56.1. The number of amidine groups is 2. The molecule has 0 saturated heterocycles. The van der Waals surface area contributed by atoms with E-state index in [9.17, 15) is 0 Å². The summed E-state index contributed by atoms with van der Waals surface area (Å²) in [6.45, 7) is 0. The van der Waals surface area contributed by atoms with Gasteiger partial charge in [0.15, 0.2) is 5.84 Å². The van der Waals surface area contributed by atoms with Crippen molar-refractivity contribution in [1.82, 2.24) is 9.88 Å². The maximum atomic E-state index is 6.54. The van der Waals surface area contributed by atoms with E-state index in [1.165, 1.54) is 42.3 Å². The summed E-state index contributed by atoms with van der Waals surface area (Å²) in [5, 5.41) is 9.57. The minimum atomic E-state index is -0.250. The SMILES string of the molecule is C1=Cc2c(n(-c3ccc4oc5cccc(-c6ccc7sc8ccc(C9=NC(c%10ccccc%10)NC(c%10ccccc%10)=N9)cc8c7c6)c5c4c3)c3ccccc23)CC1. The number of nitrogens with zero attached hydrogens (tertiary/aromatic N) is 3. The van der Waals surface area contributed by atoms with E-state index in [-0.39, 0.29) is 6.17 Å². The molecule has 0 bridgehead atoms. The van der Waals surface area contributed by atoms with Crippen LogP contribution in [0.1, 0.15) is 40.5 Å². The largest absolute Gasteiger partial charge is 0.456 e. The summed E-state index contributed by atoms with van der Waals surface area (Å²) in [7, 11) is 0. The molecule has 1 aliphatic heterocycles. The van der Waals surface area contributed by atoms with Crippen LogP contribution >= 0.6 is 11.3 Å². The third kappa shape index (κ3) is 5.21. The van der Waals surface area contributed by atoms with Crippen molar-refractivity contribution in [3.8, 4) is 16.8 Å². The number of hydrogen-bond donors (Lipinski definition) is 1. The zero-order valence-electron chi connectivity index (χ0n) is 30.8. The molecule has 0 amide bonds. The van der Waals surface area contributed by atoms with Gasteiger partial charge in [-0.3, -0.25) is 0 Å². The van der Waals surface area contributed by atoms with Gasteiger partial charge in [-0.1, -0.05) is 109 Å². The van der Waals surface area contributed by atoms with Crippen LogP contribution in [-0.4, -0.2) is 16.2 Å². The van der Waals surface area contributed by atoms with Crippen LogP contribution in [0.3, 0.4) is 0 Å². The van der Waals surface area contributed by atoms with Gasteiger partial charge in [0.25, 0.3) is 0 Å². The second kappa shape index (κ2) is 12.8. The van der Waals surface area contributed by atoms with Gasteiger partial charge in [0.2, 0.25) is 0 Å². The van der Waals surface area contributed by atoms with Crippen LogP contribution < -0.4 is 5.32 Å². The van der Waals surface area contributed by atoms with E-state index in [0.29, 0.717) is 0 Å². The summed E-state index contributed by atoms with van der Waals surface area (Å²) in [5.74, 6) is 1.54. The number of nitrogens with one attached hydrogen (secondary N) is 1. The number of benzene rings is 7. The molecular weight excluding hydrogens is 717 g/mol. The van der Waals surface area contributed by atoms with Gasteiger partial charge in [0, 0.05) is 64.4 Å². The average molecular weight is 751 g/mol. The summed E-state index contributed by atoms with van der Waals surface area (Å²) >= 11 is 1.82. The Kier molecular flexibility index (Phi) is 7.22. The molecule has 0 saturated carbocycles. The molecule has 10 aromatic rings. The van der Waals surface area contributed by atoms with Gasteiger partial charge >= 0.3 is 0 Å². The molecule has 0 fully saturated rings. The van der Waals surface area contributed by atoms with Crippen LogP contribution in [0.2, 0.25) is 0 Å². The molecule has 1 aliphatic carbocycles. The number of furan rings is 1. The predicted molar refractivity (Wildman–Crippen MR) is 238 cm³/mol. The number of fused-ring (bicyclic) bond motifs is 9. The molecule has 1 N–H and O–H groups in total. The van der Waals surface area contributed by atoms with Crippen molar-refractivity contribution in [3.05, 3.63) is 192 Å². The van der Waals surface area contributed by atoms with Gasteiger partial charge in [-0.25, -0.2) is 9.98 Å². The van der Waals surface area contributed by atoms with Crippen LogP contribution in [0.4, 0.5) is 0 Å². The van der Waals surface area contributed by atoms with E-state index in [0.717, 1.165) is 80.0 Å². The van der Waals surface area contributed by atoms with E-state index >= 15 is 0 Å². The lowest BCUT2D eigenvalue weighted by Gasteiger charge is -2.23. The second-order valence-electron chi connectivity index (χ2n) is 14.9. The minimum absolute atomic E-state index is 0.250. The van der Waals surface area contributed by atoms with E-state index in [4.69, 9.17) is 14.4 Å². The fourth-order valence-electron chi connectivity index (χ4n) is 8.87. The molecule has 3 aromatic heterocycles. The fraction of sp³-hybridized carbons (Fsp3) is 0.0588. The van der Waals surface area contributed by atoms with Gasteiger partial charge < -0.3 is 14.3 Å². The summed E-state index contributed by atoms with van der Waals surface area (Å²) in [5.41, 5.74) is 12.3. The second-order valence-corrected chi connectivity index (χ2v) is 16.0. The normalized spacial score (nSPS) is 15.3. The lowest BCUT2D eigenvalue weighted by Crippen LogP contribution is -2.33. The molecule has 1 atom stereocenters. The van der Waals surface area contributed by atoms with Crippen molar-refractivity contribution in [3.63, 3.8) is 0 Å². The first-order chi connectivity index (χ1) is 28.2. The van der Waals surface area contributed by atoms with E-state index in [1.807, 2.05) is 35.6 Å². The minimum Gasteiger partial charge on any atom is -0.456 e. The topological polar surface area (TPSA) is 54.8 Å². The predicted octanol–water partition coefficient (Wildman–Crippen LogP) is 13.0. The van der Waals surface area contributed by atoms with Crippen LogP contribution in [0.15, 0.2) is 178 Å². The van der Waals surface area contributed by atoms with Crippen LogP contribution in [0.25, 0.3) is 75.9 Å². The number of para-hydroxylation sites is 1. The Balaban J connectivity index is 0.997. The molecule has 57 heavy (non-hydrogen) atoms. The molecule has 0 spiro atoms. The quantitative estimate of drug-likeness (QED) is 0.190. The Morgan fingerprint density at radius 3 is 2.26 bits per heavy atom. The standard InChI is InChI=1S/C51H34N4OS/c1-3-12-31(13-4-1)49-52-50(32-14-5-2-6-15-32)54-51(53-49)34-23-27-47-40(29-34)39-28-33(22-26-46(39)57-47)36-18-11-21-45-48(36)41-30-35(24-25-44(41)56-45)55-42-19-9-7-16-37(42)38-17-8-10-20-43(38)55/h1-9,11-19,21-30,49H,10,20H2,(H,52,53,54). The number of thiophene rings is 1. The molecule has 5 nitrogen and oxygen atoms in total. The highest BCUT2D eigenvalue weighted by molar-refractivity contribution is 7.25. The van der Waals surface area contributed by atoms with Gasteiger partial charge in [-0.15, -0.1) is 11.3 Å². The van der Waals surface area contributed by atoms with Crippen LogP contribution in [-0.2, 0) is 6.42 Å². The van der Waals surface area contributed by atoms with E-state index < -0.39 is 0 Å². The van der Waals surface area contributed by atoms with Gasteiger partial charge in [-0.2, -0.15) is 0 Å². The number of rotatable bonds is 5. The Morgan fingerprint density at radius 2 is 1.40 bits per heavy atom. The molecule has 0 radical (unpaired) electrons. The first-order valence-electron chi connectivity index (χ1n) is 19.5. The van der Waals surface area contributed by atoms with E-state index in [2.05, 4.69) is 155 Å². The molecule has 7 aromatic carbocycles. The zero-order valence-corrected chi connectivity index (χ0v) is 31.6. The molecule has 12 rings (SSSR count). The molecule has 2 aliphatic rings. The van der Waals surface area contributed by atoms with Gasteiger partial charge in [0.1, 0.15) is 23.2 Å². The molecule has 270 valence electrons. The van der Waals surface area contributed by atoms with E-state index in [1.54, 1.807) is 0 Å². The fourth-order valence-corrected chi connectivity index (χ4v) is 9.94. The number of aliphatic imine (C=N–C) groups is 2. The summed E-state index contributed by atoms with van der Waals surface area (Å²) < 4.78 is 11.5. The number of allylic oxidation sites excluding steroid dienone is 1. The van der Waals surface area contributed by atoms with Crippen molar-refractivity contribution >= 4 is 82.1 Å². The Morgan fingerprint density at radius 1 is 0.632 bits per heavy atom. The number of hydrogen-bond acceptors (Lipinski definition) is 5. The number of aromatic nitrogens is 1. The van der Waals surface area contributed by atoms with Gasteiger partial charge in [0.05, 0.1) is 5.52 Å². The summed E-state index contributed by atoms with van der Waals surface area (Å²) in [4.78, 5) is 10.3. The van der Waals surface area contributed by atoms with Crippen molar-refractivity contribution in [2.75, 3.05) is 0 Å². The lowest BCUT2D eigenvalue weighted by molar-refractivity contribution is 0.669. The third-order valence-electron chi connectivity index (χ3n) is 11.5. The van der Waals surface area contributed by atoms with Crippen LogP contribution in [0.5, 0.6) is 0 Å². The van der Waals surface area contributed by atoms with Crippen molar-refractivity contribution < 1.29 is 4.42 Å². The highest BCUT2D eigenvalue weighted by atomic mass is 32.1. The molecule has 1 unspecified atom stereocenters. The zero-order chi connectivity index (χ0) is 37.5. The molecule has 6 heteroatoms. The smallest absolute Gasteiger partial charge is 0.159 e. The highest BCUT2D eigenvalue weighted by Gasteiger charge is 2.23. The highest BCUT2D eigenvalue weighted by Crippen LogP contribution is 2.42. The average Bonchev–Trinajstić information content (AvgIpc) is 3.95. The van der Waals surface area contributed by atoms with Crippen molar-refractivity contribution in [2.45, 2.75) is 19.0 Å². The first-order valence-corrected chi connectivity index (χ1v) is 20.3. The molecular formula is C51H34N4OS. The Hall–Kier alpha value is -7.02. The van der Waals surface area contributed by atoms with Crippen molar-refractivity contribution in [2.24, 2.45) is 9.98 Å². The monoisotopic (exact) mass is 750 g/mol. The maximum absolute atomic E-state index is 6.54. The first kappa shape index (κ1) is 32.2. The third-order valence-corrected chi connectivity index (χ3v) is 12.7.